The van der Waals surface area contributed by atoms with E-state index in [1.54, 1.807) is 12.2 Å². The molecule has 0 radical (unpaired) electrons. The highest BCUT2D eigenvalue weighted by atomic mass is 16.6. The highest BCUT2D eigenvalue weighted by Crippen LogP contribution is 2.34. The van der Waals surface area contributed by atoms with Gasteiger partial charge >= 0.3 is 11.9 Å². The van der Waals surface area contributed by atoms with Crippen LogP contribution in [0.5, 0.6) is 0 Å². The number of ketones is 1. The van der Waals surface area contributed by atoms with E-state index in [4.69, 9.17) is 9.47 Å². The molecule has 0 aliphatic heterocycles. The second kappa shape index (κ2) is 29.2. The summed E-state index contributed by atoms with van der Waals surface area (Å²) in [6, 6.07) is 0. The fourth-order valence-electron chi connectivity index (χ4n) is 6.46. The van der Waals surface area contributed by atoms with Crippen LogP contribution < -0.4 is 0 Å². The third kappa shape index (κ3) is 22.5. The first-order valence-corrected chi connectivity index (χ1v) is 19.3. The molecule has 1 aliphatic rings. The van der Waals surface area contributed by atoms with Gasteiger partial charge in [-0.1, -0.05) is 142 Å². The number of Topliss-reactive ketones (excluding diaryl/α,β-unsaturated/α-hetero) is 1. The van der Waals surface area contributed by atoms with E-state index in [0.29, 0.717) is 19.3 Å². The van der Waals surface area contributed by atoms with Crippen molar-refractivity contribution in [2.75, 3.05) is 13.2 Å². The Morgan fingerprint density at radius 3 is 1.85 bits per heavy atom. The molecule has 0 bridgehead atoms. The summed E-state index contributed by atoms with van der Waals surface area (Å²) in [6.07, 6.45) is 26.0. The number of unbranched alkanes of at least 4 members (excludes halogenated alkanes) is 17. The summed E-state index contributed by atoms with van der Waals surface area (Å²) < 4.78 is 10.6. The van der Waals surface area contributed by atoms with Crippen molar-refractivity contribution < 1.29 is 39.2 Å². The summed E-state index contributed by atoms with van der Waals surface area (Å²) in [4.78, 5) is 36.8. The molecule has 8 heteroatoms. The van der Waals surface area contributed by atoms with Gasteiger partial charge in [-0.25, -0.2) is 0 Å². The van der Waals surface area contributed by atoms with Gasteiger partial charge in [-0.2, -0.15) is 0 Å². The van der Waals surface area contributed by atoms with Crippen LogP contribution in [0.4, 0.5) is 0 Å². The highest BCUT2D eigenvalue weighted by molar-refractivity contribution is 5.86. The first kappa shape index (κ1) is 43.3. The quantitative estimate of drug-likeness (QED) is 0.0383. The van der Waals surface area contributed by atoms with Crippen LogP contribution in [0.25, 0.3) is 0 Å². The minimum atomic E-state index is -0.852. The molecular formula is C39H70O8. The van der Waals surface area contributed by atoms with Gasteiger partial charge in [-0.3, -0.25) is 14.4 Å². The second-order valence-electron chi connectivity index (χ2n) is 13.8. The van der Waals surface area contributed by atoms with Crippen molar-refractivity contribution in [3.63, 3.8) is 0 Å². The Kier molecular flexibility index (Phi) is 26.8. The number of hydrogen-bond donors (Lipinski definition) is 3. The third-order valence-corrected chi connectivity index (χ3v) is 9.47. The number of rotatable bonds is 31. The van der Waals surface area contributed by atoms with Crippen LogP contribution in [0.15, 0.2) is 12.2 Å². The molecule has 274 valence electrons. The summed E-state index contributed by atoms with van der Waals surface area (Å²) in [5, 5.41) is 30.2. The number of allylic oxidation sites excluding steroid dienone is 1. The number of carbonyl (C=O) groups is 3. The van der Waals surface area contributed by atoms with Crippen molar-refractivity contribution in [1.29, 1.82) is 0 Å². The Labute approximate surface area is 286 Å². The molecule has 0 heterocycles. The zero-order valence-electron chi connectivity index (χ0n) is 30.0. The zero-order valence-corrected chi connectivity index (χ0v) is 30.0. The Morgan fingerprint density at radius 1 is 0.766 bits per heavy atom. The molecule has 0 aromatic rings. The fraction of sp³-hybridized carbons (Fsp3) is 0.872. The van der Waals surface area contributed by atoms with Crippen molar-refractivity contribution in [1.82, 2.24) is 0 Å². The molecule has 1 saturated carbocycles. The molecular weight excluding hydrogens is 596 g/mol. The Bertz CT molecular complexity index is 828. The Hall–Kier alpha value is -1.77. The number of aliphatic hydroxyl groups is 3. The number of esters is 2. The summed E-state index contributed by atoms with van der Waals surface area (Å²) in [5.74, 6) is -1.19. The van der Waals surface area contributed by atoms with E-state index in [1.165, 1.54) is 64.2 Å². The minimum absolute atomic E-state index is 0.0333. The molecule has 0 amide bonds. The highest BCUT2D eigenvalue weighted by Gasteiger charge is 2.39. The summed E-state index contributed by atoms with van der Waals surface area (Å²) >= 11 is 0. The predicted octanol–water partition coefficient (Wildman–Crippen LogP) is 8.32. The van der Waals surface area contributed by atoms with Crippen LogP contribution >= 0.6 is 0 Å². The number of hydrogen-bond acceptors (Lipinski definition) is 8. The molecule has 47 heavy (non-hydrogen) atoms. The number of ether oxygens (including phenoxy) is 2. The van der Waals surface area contributed by atoms with Gasteiger partial charge in [0, 0.05) is 25.2 Å². The molecule has 8 nitrogen and oxygen atoms in total. The van der Waals surface area contributed by atoms with Crippen molar-refractivity contribution >= 4 is 17.7 Å². The Balaban J connectivity index is 2.10. The standard InChI is InChI=1S/C39H70O8/c1-3-5-7-8-9-10-11-12-13-14-15-16-21-25-38(44)46-31-33(30-40)47-39(45)26-22-18-17-20-24-34-35(37(43)29-36(34)42)28-27-32(41)23-19-6-4-2/h27-28,32-36,40-42H,3-26,29-31H2,1-2H3/b28-27+/t32-,33-,34+,35+,36-/m0/s1. The van der Waals surface area contributed by atoms with E-state index in [0.717, 1.165) is 64.2 Å². The number of carbonyl (C=O) groups excluding carboxylic acids is 3. The van der Waals surface area contributed by atoms with Crippen molar-refractivity contribution in [3.05, 3.63) is 12.2 Å². The van der Waals surface area contributed by atoms with E-state index in [-0.39, 0.29) is 43.0 Å². The van der Waals surface area contributed by atoms with Gasteiger partial charge in [-0.05, 0) is 31.6 Å². The van der Waals surface area contributed by atoms with Gasteiger partial charge in [0.15, 0.2) is 6.10 Å². The van der Waals surface area contributed by atoms with Gasteiger partial charge in [-0.15, -0.1) is 0 Å². The Morgan fingerprint density at radius 2 is 1.28 bits per heavy atom. The van der Waals surface area contributed by atoms with Gasteiger partial charge in [0.2, 0.25) is 0 Å². The van der Waals surface area contributed by atoms with Crippen molar-refractivity contribution in [2.45, 2.75) is 193 Å². The van der Waals surface area contributed by atoms with Gasteiger partial charge in [0.25, 0.3) is 0 Å². The molecule has 0 unspecified atom stereocenters. The van der Waals surface area contributed by atoms with E-state index < -0.39 is 30.9 Å². The van der Waals surface area contributed by atoms with Crippen LogP contribution in [0.2, 0.25) is 0 Å². The van der Waals surface area contributed by atoms with E-state index in [1.807, 2.05) is 0 Å². The first-order valence-electron chi connectivity index (χ1n) is 19.3. The average molecular weight is 667 g/mol. The lowest BCUT2D eigenvalue weighted by molar-refractivity contribution is -0.161. The van der Waals surface area contributed by atoms with Crippen LogP contribution in [0.1, 0.15) is 174 Å². The molecule has 1 rings (SSSR count). The molecule has 0 aromatic carbocycles. The summed E-state index contributed by atoms with van der Waals surface area (Å²) in [7, 11) is 0. The zero-order chi connectivity index (χ0) is 34.5. The van der Waals surface area contributed by atoms with Crippen LogP contribution in [0.3, 0.4) is 0 Å². The third-order valence-electron chi connectivity index (χ3n) is 9.47. The van der Waals surface area contributed by atoms with Gasteiger partial charge < -0.3 is 24.8 Å². The molecule has 0 aromatic heterocycles. The molecule has 3 N–H and O–H groups in total. The minimum Gasteiger partial charge on any atom is -0.462 e. The smallest absolute Gasteiger partial charge is 0.306 e. The molecule has 0 saturated heterocycles. The van der Waals surface area contributed by atoms with Crippen LogP contribution in [-0.2, 0) is 23.9 Å². The molecule has 1 fully saturated rings. The topological polar surface area (TPSA) is 130 Å². The average Bonchev–Trinajstić information content (AvgIpc) is 3.32. The monoisotopic (exact) mass is 667 g/mol. The lowest BCUT2D eigenvalue weighted by Gasteiger charge is -2.19. The summed E-state index contributed by atoms with van der Waals surface area (Å²) in [5.41, 5.74) is 0. The lowest BCUT2D eigenvalue weighted by atomic mass is 9.88. The van der Waals surface area contributed by atoms with Gasteiger partial charge in [0.1, 0.15) is 12.4 Å². The van der Waals surface area contributed by atoms with Crippen LogP contribution in [0, 0.1) is 11.8 Å². The van der Waals surface area contributed by atoms with Crippen molar-refractivity contribution in [3.8, 4) is 0 Å². The maximum Gasteiger partial charge on any atom is 0.306 e. The SMILES string of the molecule is CCCCCCCCCCCCCCCC(=O)OC[C@H](CO)OC(=O)CCCCCC[C@H]1[C@@H](O)CC(=O)[C@@H]1/C=C/[C@@H](O)CCCCC. The molecule has 0 spiro atoms. The molecule has 1 aliphatic carbocycles. The largest absolute Gasteiger partial charge is 0.462 e. The summed E-state index contributed by atoms with van der Waals surface area (Å²) in [6.45, 7) is 3.84. The normalized spacial score (nSPS) is 19.3. The second-order valence-corrected chi connectivity index (χ2v) is 13.8. The van der Waals surface area contributed by atoms with E-state index in [9.17, 15) is 29.7 Å². The van der Waals surface area contributed by atoms with Gasteiger partial charge in [0.05, 0.1) is 18.8 Å². The lowest BCUT2D eigenvalue weighted by Crippen LogP contribution is -2.28. The van der Waals surface area contributed by atoms with Crippen LogP contribution in [-0.4, -0.2) is 64.6 Å². The predicted molar refractivity (Wildman–Crippen MR) is 188 cm³/mol. The number of aliphatic hydroxyl groups excluding tert-OH is 3. The van der Waals surface area contributed by atoms with E-state index in [2.05, 4.69) is 13.8 Å². The molecule has 5 atom stereocenters. The first-order chi connectivity index (χ1) is 22.8. The van der Waals surface area contributed by atoms with E-state index >= 15 is 0 Å². The maximum atomic E-state index is 12.4. The maximum absolute atomic E-state index is 12.4. The van der Waals surface area contributed by atoms with Crippen molar-refractivity contribution in [2.24, 2.45) is 11.8 Å². The fourth-order valence-corrected chi connectivity index (χ4v) is 6.46.